The van der Waals surface area contributed by atoms with Gasteiger partial charge >= 0.3 is 5.97 Å². The van der Waals surface area contributed by atoms with E-state index in [1.54, 1.807) is 31.0 Å². The van der Waals surface area contributed by atoms with Gasteiger partial charge in [-0.05, 0) is 67.1 Å². The first-order chi connectivity index (χ1) is 20.5. The fourth-order valence-electron chi connectivity index (χ4n) is 6.77. The first-order valence-electron chi connectivity index (χ1n) is 15.6. The van der Waals surface area contributed by atoms with E-state index >= 15 is 0 Å². The number of hydrogen-bond acceptors (Lipinski definition) is 5. The molecule has 9 heteroatoms. The highest BCUT2D eigenvalue weighted by Gasteiger charge is 2.47. The number of benzene rings is 2. The van der Waals surface area contributed by atoms with Crippen LogP contribution in [0.25, 0.3) is 0 Å². The maximum Gasteiger partial charge on any atom is 0.308 e. The predicted molar refractivity (Wildman–Crippen MR) is 165 cm³/mol. The van der Waals surface area contributed by atoms with Crippen LogP contribution >= 0.6 is 0 Å². The Morgan fingerprint density at radius 3 is 2.47 bits per heavy atom. The molecule has 4 rings (SSSR count). The third-order valence-corrected chi connectivity index (χ3v) is 9.11. The number of likely N-dealkylation sites (tertiary alicyclic amines) is 1. The zero-order valence-corrected chi connectivity index (χ0v) is 26.1. The molecule has 0 bridgehead atoms. The SMILES string of the molecule is CCCC(CCC)N(C(=O)CN1C[C@H](c2ccc3c(c2)CCO3)[C@@H](C(=O)O)[C@@H]1CCN(C)C(C)=O)c1ccc(F)c(C)c1. The number of carboxylic acid groups (broad SMARTS) is 1. The fourth-order valence-corrected chi connectivity index (χ4v) is 6.77. The second kappa shape index (κ2) is 14.3. The largest absolute Gasteiger partial charge is 0.493 e. The van der Waals surface area contributed by atoms with Gasteiger partial charge in [0.25, 0.3) is 0 Å². The van der Waals surface area contributed by atoms with Crippen molar-refractivity contribution < 1.29 is 28.6 Å². The van der Waals surface area contributed by atoms with E-state index in [0.29, 0.717) is 37.4 Å². The number of fused-ring (bicyclic) bond motifs is 1. The minimum absolute atomic E-state index is 0.0309. The molecule has 2 aromatic carbocycles. The first kappa shape index (κ1) is 32.5. The van der Waals surface area contributed by atoms with E-state index in [0.717, 1.165) is 49.0 Å². The third-order valence-electron chi connectivity index (χ3n) is 9.11. The van der Waals surface area contributed by atoms with Crippen LogP contribution in [0.1, 0.15) is 75.5 Å². The lowest BCUT2D eigenvalue weighted by Crippen LogP contribution is -2.48. The van der Waals surface area contributed by atoms with Gasteiger partial charge in [-0.3, -0.25) is 19.3 Å². The third kappa shape index (κ3) is 7.37. The van der Waals surface area contributed by atoms with Crippen molar-refractivity contribution in [3.8, 4) is 5.75 Å². The predicted octanol–water partition coefficient (Wildman–Crippen LogP) is 5.41. The lowest BCUT2D eigenvalue weighted by Gasteiger charge is -2.35. The average Bonchev–Trinajstić information content (AvgIpc) is 3.58. The molecule has 0 aromatic heterocycles. The maximum atomic E-state index is 14.3. The van der Waals surface area contributed by atoms with E-state index in [4.69, 9.17) is 4.74 Å². The van der Waals surface area contributed by atoms with E-state index in [1.165, 1.54) is 13.0 Å². The van der Waals surface area contributed by atoms with Crippen LogP contribution in [0.3, 0.4) is 0 Å². The Labute approximate surface area is 254 Å². The van der Waals surface area contributed by atoms with Crippen LogP contribution in [0.15, 0.2) is 36.4 Å². The number of carbonyl (C=O) groups excluding carboxylic acids is 2. The smallest absolute Gasteiger partial charge is 0.308 e. The highest BCUT2D eigenvalue weighted by atomic mass is 19.1. The number of aliphatic carboxylic acids is 1. The van der Waals surface area contributed by atoms with Gasteiger partial charge in [-0.25, -0.2) is 4.39 Å². The van der Waals surface area contributed by atoms with Gasteiger partial charge < -0.3 is 19.6 Å². The van der Waals surface area contributed by atoms with Crippen LogP contribution in [-0.2, 0) is 20.8 Å². The second-order valence-electron chi connectivity index (χ2n) is 12.1. The molecule has 0 radical (unpaired) electrons. The molecule has 0 spiro atoms. The Kier molecular flexibility index (Phi) is 10.8. The summed E-state index contributed by atoms with van der Waals surface area (Å²) in [6.07, 6.45) is 4.60. The molecule has 8 nitrogen and oxygen atoms in total. The number of ether oxygens (including phenoxy) is 1. The van der Waals surface area contributed by atoms with Crippen molar-refractivity contribution in [2.75, 3.05) is 38.2 Å². The number of nitrogens with zero attached hydrogens (tertiary/aromatic N) is 3. The molecule has 1 saturated heterocycles. The van der Waals surface area contributed by atoms with Crippen LogP contribution in [0.2, 0.25) is 0 Å². The topological polar surface area (TPSA) is 90.4 Å². The molecule has 2 aliphatic heterocycles. The lowest BCUT2D eigenvalue weighted by atomic mass is 9.83. The van der Waals surface area contributed by atoms with Crippen molar-refractivity contribution >= 4 is 23.5 Å². The standard InChI is InChI=1S/C34H46FN3O5/c1-6-8-26(9-7-2)38(27-11-12-29(35)22(3)18-27)32(40)21-37-20-28(24-10-13-31-25(19-24)15-17-43-31)33(34(41)42)30(37)14-16-36(5)23(4)39/h10-13,18-19,26,28,30,33H,6-9,14-17,20-21H2,1-5H3,(H,41,42)/t28-,30+,33-/m1/s1. The Balaban J connectivity index is 1.70. The summed E-state index contributed by atoms with van der Waals surface area (Å²) in [5.41, 5.74) is 3.13. The zero-order chi connectivity index (χ0) is 31.3. The van der Waals surface area contributed by atoms with Crippen molar-refractivity contribution in [2.24, 2.45) is 5.92 Å². The molecule has 2 aliphatic rings. The van der Waals surface area contributed by atoms with Crippen molar-refractivity contribution in [1.82, 2.24) is 9.80 Å². The fraction of sp³-hybridized carbons (Fsp3) is 0.559. The van der Waals surface area contributed by atoms with Crippen molar-refractivity contribution in [2.45, 2.75) is 84.2 Å². The molecule has 43 heavy (non-hydrogen) atoms. The number of rotatable bonds is 13. The molecule has 1 N–H and O–H groups in total. The van der Waals surface area contributed by atoms with Crippen molar-refractivity contribution in [3.63, 3.8) is 0 Å². The van der Waals surface area contributed by atoms with Crippen LogP contribution < -0.4 is 9.64 Å². The number of carboxylic acids is 1. The highest BCUT2D eigenvalue weighted by Crippen LogP contribution is 2.41. The van der Waals surface area contributed by atoms with E-state index < -0.39 is 17.9 Å². The molecule has 3 atom stereocenters. The molecule has 0 unspecified atom stereocenters. The van der Waals surface area contributed by atoms with Gasteiger partial charge in [-0.15, -0.1) is 0 Å². The van der Waals surface area contributed by atoms with Crippen LogP contribution in [0.4, 0.5) is 10.1 Å². The first-order valence-corrected chi connectivity index (χ1v) is 15.6. The number of aryl methyl sites for hydroxylation is 1. The quantitative estimate of drug-likeness (QED) is 0.333. The molecule has 2 amide bonds. The number of halogens is 1. The molecule has 0 aliphatic carbocycles. The summed E-state index contributed by atoms with van der Waals surface area (Å²) >= 11 is 0. The molecule has 1 fully saturated rings. The lowest BCUT2D eigenvalue weighted by molar-refractivity contribution is -0.143. The summed E-state index contributed by atoms with van der Waals surface area (Å²) in [5.74, 6) is -1.70. The van der Waals surface area contributed by atoms with Crippen molar-refractivity contribution in [1.29, 1.82) is 0 Å². The summed E-state index contributed by atoms with van der Waals surface area (Å²) in [6.45, 7) is 8.80. The molecule has 0 saturated carbocycles. The van der Waals surface area contributed by atoms with E-state index in [2.05, 4.69) is 19.9 Å². The van der Waals surface area contributed by atoms with Gasteiger partial charge in [-0.1, -0.05) is 38.8 Å². The second-order valence-corrected chi connectivity index (χ2v) is 12.1. The van der Waals surface area contributed by atoms with Crippen LogP contribution in [-0.4, -0.2) is 78.1 Å². The summed E-state index contributed by atoms with van der Waals surface area (Å²) < 4.78 is 19.9. The maximum absolute atomic E-state index is 14.3. The Bertz CT molecular complexity index is 1310. The van der Waals surface area contributed by atoms with Crippen molar-refractivity contribution in [3.05, 3.63) is 58.9 Å². The molecular weight excluding hydrogens is 549 g/mol. The van der Waals surface area contributed by atoms with Gasteiger partial charge in [-0.2, -0.15) is 0 Å². The molecular formula is C34H46FN3O5. The number of amides is 2. The van der Waals surface area contributed by atoms with Gasteiger partial charge in [0.2, 0.25) is 11.8 Å². The Morgan fingerprint density at radius 1 is 1.12 bits per heavy atom. The normalized spacial score (nSPS) is 19.7. The van der Waals surface area contributed by atoms with Gasteiger partial charge in [0.05, 0.1) is 19.1 Å². The Hall–Kier alpha value is -3.46. The van der Waals surface area contributed by atoms with Crippen LogP contribution in [0.5, 0.6) is 5.75 Å². The Morgan fingerprint density at radius 2 is 1.84 bits per heavy atom. The minimum Gasteiger partial charge on any atom is -0.493 e. The summed E-state index contributed by atoms with van der Waals surface area (Å²) in [4.78, 5) is 44.6. The van der Waals surface area contributed by atoms with Gasteiger partial charge in [0.15, 0.2) is 0 Å². The minimum atomic E-state index is -0.909. The highest BCUT2D eigenvalue weighted by molar-refractivity contribution is 5.95. The van der Waals surface area contributed by atoms with Gasteiger partial charge in [0.1, 0.15) is 11.6 Å². The number of anilines is 1. The average molecular weight is 596 g/mol. The number of carbonyl (C=O) groups is 3. The summed E-state index contributed by atoms with van der Waals surface area (Å²) in [7, 11) is 1.71. The van der Waals surface area contributed by atoms with Crippen LogP contribution in [0, 0.1) is 18.7 Å². The van der Waals surface area contributed by atoms with Gasteiger partial charge in [0, 0.05) is 57.2 Å². The van der Waals surface area contributed by atoms with E-state index in [1.807, 2.05) is 21.9 Å². The molecule has 234 valence electrons. The summed E-state index contributed by atoms with van der Waals surface area (Å²) in [6, 6.07) is 10.2. The molecule has 2 heterocycles. The zero-order valence-electron chi connectivity index (χ0n) is 26.1. The molecule has 2 aromatic rings. The van der Waals surface area contributed by atoms with E-state index in [9.17, 15) is 23.9 Å². The number of hydrogen-bond donors (Lipinski definition) is 1. The van der Waals surface area contributed by atoms with E-state index in [-0.39, 0.29) is 36.1 Å². The monoisotopic (exact) mass is 595 g/mol. The summed E-state index contributed by atoms with van der Waals surface area (Å²) in [5, 5.41) is 10.5.